The van der Waals surface area contributed by atoms with E-state index in [2.05, 4.69) is 11.9 Å². The average molecular weight is 300 g/mol. The van der Waals surface area contributed by atoms with Gasteiger partial charge in [-0.1, -0.05) is 34.6 Å². The van der Waals surface area contributed by atoms with Crippen molar-refractivity contribution in [1.82, 2.24) is 9.80 Å². The molecule has 2 aliphatic rings. The van der Waals surface area contributed by atoms with Crippen molar-refractivity contribution in [3.8, 4) is 0 Å². The van der Waals surface area contributed by atoms with Crippen LogP contribution in [0.3, 0.4) is 0 Å². The summed E-state index contributed by atoms with van der Waals surface area (Å²) in [6.45, 7) is 13.9. The molecule has 2 fully saturated rings. The Morgan fingerprint density at radius 1 is 1.05 bits per heavy atom. The Balaban J connectivity index is 0.000000921. The van der Waals surface area contributed by atoms with Crippen molar-refractivity contribution in [3.63, 3.8) is 0 Å². The summed E-state index contributed by atoms with van der Waals surface area (Å²) >= 11 is 0. The maximum absolute atomic E-state index is 11.6. The summed E-state index contributed by atoms with van der Waals surface area (Å²) in [7, 11) is 2.16. The number of ether oxygens (including phenoxy) is 1. The van der Waals surface area contributed by atoms with Crippen LogP contribution in [-0.4, -0.2) is 61.1 Å². The van der Waals surface area contributed by atoms with Gasteiger partial charge in [0.15, 0.2) is 0 Å². The second-order valence-corrected chi connectivity index (χ2v) is 5.31. The highest BCUT2D eigenvalue weighted by molar-refractivity contribution is 5.77. The molecule has 0 bridgehead atoms. The molecular formula is C17H36N2O2. The molecule has 0 saturated carbocycles. The van der Waals surface area contributed by atoms with Crippen molar-refractivity contribution in [2.45, 2.75) is 72.5 Å². The highest BCUT2D eigenvalue weighted by atomic mass is 16.5. The molecule has 0 aromatic rings. The van der Waals surface area contributed by atoms with E-state index in [0.717, 1.165) is 45.4 Å². The quantitative estimate of drug-likeness (QED) is 0.799. The van der Waals surface area contributed by atoms with Gasteiger partial charge in [0, 0.05) is 32.6 Å². The third kappa shape index (κ3) is 7.28. The topological polar surface area (TPSA) is 32.8 Å². The summed E-state index contributed by atoms with van der Waals surface area (Å²) in [5, 5.41) is 0. The largest absolute Gasteiger partial charge is 0.371 e. The molecule has 2 aliphatic heterocycles. The first-order chi connectivity index (χ1) is 10.2. The second-order valence-electron chi connectivity index (χ2n) is 5.31. The standard InChI is InChI=1S/C13H24N2O2.2C2H6/c1-3-4-13(16)15-9-12(10-15)17-11-5-7-14(2)8-6-11;2*1-2/h11-12H,3-10H2,1-2H3;2*1-2H3. The van der Waals surface area contributed by atoms with Crippen molar-refractivity contribution < 1.29 is 9.53 Å². The summed E-state index contributed by atoms with van der Waals surface area (Å²) in [6.07, 6.45) is 4.60. The molecule has 0 atom stereocenters. The minimum atomic E-state index is 0.288. The van der Waals surface area contributed by atoms with Gasteiger partial charge in [0.05, 0.1) is 12.2 Å². The van der Waals surface area contributed by atoms with Crippen LogP contribution in [0.25, 0.3) is 0 Å². The van der Waals surface area contributed by atoms with Gasteiger partial charge in [-0.15, -0.1) is 0 Å². The number of amides is 1. The summed E-state index contributed by atoms with van der Waals surface area (Å²) in [6, 6.07) is 0. The summed E-state index contributed by atoms with van der Waals surface area (Å²) < 4.78 is 6.01. The molecule has 0 spiro atoms. The Morgan fingerprint density at radius 2 is 1.57 bits per heavy atom. The van der Waals surface area contributed by atoms with E-state index in [-0.39, 0.29) is 5.91 Å². The fourth-order valence-corrected chi connectivity index (χ4v) is 2.49. The molecule has 4 heteroatoms. The Labute approximate surface area is 131 Å². The maximum Gasteiger partial charge on any atom is 0.222 e. The number of rotatable bonds is 4. The van der Waals surface area contributed by atoms with Gasteiger partial charge in [-0.3, -0.25) is 4.79 Å². The molecule has 1 amide bonds. The van der Waals surface area contributed by atoms with Gasteiger partial charge in [0.2, 0.25) is 5.91 Å². The van der Waals surface area contributed by atoms with E-state index in [9.17, 15) is 4.79 Å². The predicted molar refractivity (Wildman–Crippen MR) is 89.6 cm³/mol. The zero-order valence-corrected chi connectivity index (χ0v) is 15.0. The number of nitrogens with zero attached hydrogens (tertiary/aromatic N) is 2. The highest BCUT2D eigenvalue weighted by Crippen LogP contribution is 2.20. The van der Waals surface area contributed by atoms with Crippen LogP contribution in [0.5, 0.6) is 0 Å². The zero-order valence-electron chi connectivity index (χ0n) is 15.0. The number of hydrogen-bond acceptors (Lipinski definition) is 3. The Morgan fingerprint density at radius 3 is 2.05 bits per heavy atom. The lowest BCUT2D eigenvalue weighted by Crippen LogP contribution is -2.56. The van der Waals surface area contributed by atoms with E-state index >= 15 is 0 Å². The molecule has 0 aromatic carbocycles. The predicted octanol–water partition coefficient (Wildman–Crippen LogP) is 3.16. The minimum Gasteiger partial charge on any atom is -0.371 e. The highest BCUT2D eigenvalue weighted by Gasteiger charge is 2.33. The molecule has 4 nitrogen and oxygen atoms in total. The van der Waals surface area contributed by atoms with Crippen LogP contribution in [0.4, 0.5) is 0 Å². The van der Waals surface area contributed by atoms with Gasteiger partial charge in [-0.2, -0.15) is 0 Å². The molecule has 0 aliphatic carbocycles. The van der Waals surface area contributed by atoms with Gasteiger partial charge in [0.1, 0.15) is 0 Å². The average Bonchev–Trinajstić information content (AvgIpc) is 2.48. The molecule has 126 valence electrons. The van der Waals surface area contributed by atoms with Gasteiger partial charge in [0.25, 0.3) is 0 Å². The van der Waals surface area contributed by atoms with E-state index < -0.39 is 0 Å². The Hall–Kier alpha value is -0.610. The molecule has 2 rings (SSSR count). The van der Waals surface area contributed by atoms with Gasteiger partial charge >= 0.3 is 0 Å². The molecule has 0 unspecified atom stereocenters. The lowest BCUT2D eigenvalue weighted by atomic mass is 10.1. The van der Waals surface area contributed by atoms with Gasteiger partial charge < -0.3 is 14.5 Å². The smallest absolute Gasteiger partial charge is 0.222 e. The molecule has 0 radical (unpaired) electrons. The third-order valence-corrected chi connectivity index (χ3v) is 3.72. The van der Waals surface area contributed by atoms with Crippen LogP contribution in [0.1, 0.15) is 60.3 Å². The molecule has 2 heterocycles. The third-order valence-electron chi connectivity index (χ3n) is 3.72. The van der Waals surface area contributed by atoms with Crippen molar-refractivity contribution in [2.24, 2.45) is 0 Å². The maximum atomic E-state index is 11.6. The summed E-state index contributed by atoms with van der Waals surface area (Å²) in [5.41, 5.74) is 0. The fourth-order valence-electron chi connectivity index (χ4n) is 2.49. The number of piperidine rings is 1. The van der Waals surface area contributed by atoms with Crippen molar-refractivity contribution in [2.75, 3.05) is 33.2 Å². The SMILES string of the molecule is CC.CC.CCCC(=O)N1CC(OC2CCN(C)CC2)C1. The second kappa shape index (κ2) is 12.0. The first kappa shape index (κ1) is 20.4. The molecule has 2 saturated heterocycles. The first-order valence-corrected chi connectivity index (χ1v) is 8.80. The van der Waals surface area contributed by atoms with Crippen LogP contribution in [0, 0.1) is 0 Å². The Kier molecular flexibility index (Phi) is 11.6. The number of likely N-dealkylation sites (tertiary alicyclic amines) is 2. The van der Waals surface area contributed by atoms with E-state index in [4.69, 9.17) is 4.74 Å². The van der Waals surface area contributed by atoms with Crippen LogP contribution < -0.4 is 0 Å². The normalized spacial score (nSPS) is 19.8. The van der Waals surface area contributed by atoms with E-state index in [1.54, 1.807) is 0 Å². The van der Waals surface area contributed by atoms with Gasteiger partial charge in [-0.05, 0) is 26.3 Å². The Bertz CT molecular complexity index is 258. The minimum absolute atomic E-state index is 0.288. The van der Waals surface area contributed by atoms with Crippen molar-refractivity contribution >= 4 is 5.91 Å². The number of hydrogen-bond donors (Lipinski definition) is 0. The molecule has 21 heavy (non-hydrogen) atoms. The van der Waals surface area contributed by atoms with E-state index in [0.29, 0.717) is 18.6 Å². The fraction of sp³-hybridized carbons (Fsp3) is 0.941. The molecule has 0 N–H and O–H groups in total. The van der Waals surface area contributed by atoms with Crippen LogP contribution in [-0.2, 0) is 9.53 Å². The van der Waals surface area contributed by atoms with Crippen LogP contribution in [0.15, 0.2) is 0 Å². The number of carbonyl (C=O) groups is 1. The summed E-state index contributed by atoms with van der Waals surface area (Å²) in [5.74, 6) is 0.288. The number of carbonyl (C=O) groups excluding carboxylic acids is 1. The van der Waals surface area contributed by atoms with E-state index in [1.165, 1.54) is 0 Å². The van der Waals surface area contributed by atoms with Gasteiger partial charge in [-0.25, -0.2) is 0 Å². The first-order valence-electron chi connectivity index (χ1n) is 8.80. The zero-order chi connectivity index (χ0) is 16.3. The lowest BCUT2D eigenvalue weighted by Gasteiger charge is -2.42. The summed E-state index contributed by atoms with van der Waals surface area (Å²) in [4.78, 5) is 15.8. The van der Waals surface area contributed by atoms with Crippen LogP contribution in [0.2, 0.25) is 0 Å². The molecular weight excluding hydrogens is 264 g/mol. The van der Waals surface area contributed by atoms with Crippen molar-refractivity contribution in [1.29, 1.82) is 0 Å². The van der Waals surface area contributed by atoms with E-state index in [1.807, 2.05) is 39.5 Å². The lowest BCUT2D eigenvalue weighted by molar-refractivity contribution is -0.152. The van der Waals surface area contributed by atoms with Crippen molar-refractivity contribution in [3.05, 3.63) is 0 Å². The monoisotopic (exact) mass is 300 g/mol. The van der Waals surface area contributed by atoms with Crippen LogP contribution >= 0.6 is 0 Å². The molecule has 0 aromatic heterocycles.